The maximum absolute atomic E-state index is 13.5. The van der Waals surface area contributed by atoms with Crippen LogP contribution in [0.1, 0.15) is 24.1 Å². The minimum atomic E-state index is -0.889. The first kappa shape index (κ1) is 25.5. The number of halogens is 1. The number of rotatable bonds is 6. The van der Waals surface area contributed by atoms with Crippen LogP contribution in [0.15, 0.2) is 66.2 Å². The molecule has 0 aliphatic carbocycles. The lowest BCUT2D eigenvalue weighted by molar-refractivity contribution is -0.132. The number of carbonyl (C=O) groups excluding carboxylic acids is 2. The molecule has 9 heteroatoms. The summed E-state index contributed by atoms with van der Waals surface area (Å²) in [5.74, 6) is -0.464. The summed E-state index contributed by atoms with van der Waals surface area (Å²) in [7, 11) is 3.85. The molecule has 1 fully saturated rings. The van der Waals surface area contributed by atoms with Crippen LogP contribution in [0, 0.1) is 0 Å². The summed E-state index contributed by atoms with van der Waals surface area (Å²) >= 11 is 6.24. The topological polar surface area (TPSA) is 88.5 Å². The number of carbonyl (C=O) groups is 2. The molecule has 3 aromatic rings. The minimum absolute atomic E-state index is 0.0349. The second kappa shape index (κ2) is 10.3. The van der Waals surface area contributed by atoms with E-state index in [0.717, 1.165) is 5.69 Å². The van der Waals surface area contributed by atoms with Crippen LogP contribution in [0.25, 0.3) is 5.76 Å². The molecule has 1 N–H and O–H groups in total. The normalized spacial score (nSPS) is 18.0. The highest BCUT2D eigenvalue weighted by Gasteiger charge is 2.47. The van der Waals surface area contributed by atoms with Gasteiger partial charge in [0.15, 0.2) is 11.5 Å². The Morgan fingerprint density at radius 1 is 1.03 bits per heavy atom. The molecule has 38 heavy (non-hydrogen) atoms. The van der Waals surface area contributed by atoms with Gasteiger partial charge in [-0.3, -0.25) is 14.5 Å². The molecule has 3 aromatic carbocycles. The quantitative estimate of drug-likeness (QED) is 0.264. The molecule has 0 bridgehead atoms. The molecule has 1 saturated heterocycles. The van der Waals surface area contributed by atoms with Crippen molar-refractivity contribution in [3.05, 3.63) is 82.4 Å². The van der Waals surface area contributed by atoms with Crippen LogP contribution >= 0.6 is 11.6 Å². The summed E-state index contributed by atoms with van der Waals surface area (Å²) in [4.78, 5) is 30.3. The summed E-state index contributed by atoms with van der Waals surface area (Å²) in [5, 5.41) is 11.8. The standard InChI is InChI=1S/C29H27ClN2O6/c1-4-36-23-15-18(7-11-21(23)30)27(33)25-26(17-5-8-19(9-6-17)31(2)3)32(29(35)28(25)34)20-10-12-22-24(16-20)38-14-13-37-22/h5-12,15-16,26,33H,4,13-14H2,1-3H3/b27-25+. The van der Waals surface area contributed by atoms with Crippen molar-refractivity contribution in [3.8, 4) is 17.2 Å². The van der Waals surface area contributed by atoms with Gasteiger partial charge in [-0.1, -0.05) is 23.7 Å². The Morgan fingerprint density at radius 3 is 2.42 bits per heavy atom. The first-order valence-corrected chi connectivity index (χ1v) is 12.6. The van der Waals surface area contributed by atoms with Gasteiger partial charge in [0.25, 0.3) is 11.7 Å². The molecule has 1 amide bonds. The van der Waals surface area contributed by atoms with Gasteiger partial charge in [0.2, 0.25) is 0 Å². The number of aliphatic hydroxyl groups excluding tert-OH is 1. The van der Waals surface area contributed by atoms with Gasteiger partial charge in [-0.25, -0.2) is 0 Å². The smallest absolute Gasteiger partial charge is 0.300 e. The SMILES string of the molecule is CCOc1cc(/C(O)=C2\C(=O)C(=O)N(c3ccc4c(c3)OCCO4)C2c2ccc(N(C)C)cc2)ccc1Cl. The highest BCUT2D eigenvalue weighted by Crippen LogP contribution is 2.45. The molecule has 0 aromatic heterocycles. The maximum Gasteiger partial charge on any atom is 0.300 e. The number of anilines is 2. The number of Topliss-reactive ketones (excluding diaryl/α,β-unsaturated/α-hetero) is 1. The zero-order chi connectivity index (χ0) is 27.0. The van der Waals surface area contributed by atoms with Gasteiger partial charge >= 0.3 is 0 Å². The van der Waals surface area contributed by atoms with Crippen LogP contribution in [0.2, 0.25) is 5.02 Å². The number of fused-ring (bicyclic) bond motifs is 1. The van der Waals surface area contributed by atoms with E-state index in [0.29, 0.717) is 58.9 Å². The van der Waals surface area contributed by atoms with Crippen LogP contribution in [0.3, 0.4) is 0 Å². The Morgan fingerprint density at radius 2 is 1.74 bits per heavy atom. The lowest BCUT2D eigenvalue weighted by atomic mass is 9.94. The average Bonchev–Trinajstić information content (AvgIpc) is 3.19. The molecule has 2 heterocycles. The number of hydrogen-bond acceptors (Lipinski definition) is 7. The Kier molecular flexibility index (Phi) is 6.91. The Labute approximate surface area is 225 Å². The molecular weight excluding hydrogens is 508 g/mol. The van der Waals surface area contributed by atoms with Crippen molar-refractivity contribution in [2.75, 3.05) is 43.7 Å². The highest BCUT2D eigenvalue weighted by molar-refractivity contribution is 6.51. The molecule has 0 radical (unpaired) electrons. The van der Waals surface area contributed by atoms with Gasteiger partial charge in [-0.05, 0) is 55.0 Å². The largest absolute Gasteiger partial charge is 0.507 e. The van der Waals surface area contributed by atoms with E-state index in [2.05, 4.69) is 0 Å². The third kappa shape index (κ3) is 4.52. The van der Waals surface area contributed by atoms with Crippen molar-refractivity contribution < 1.29 is 28.9 Å². The molecule has 0 saturated carbocycles. The Hall–Kier alpha value is -4.17. The van der Waals surface area contributed by atoms with E-state index in [-0.39, 0.29) is 11.3 Å². The van der Waals surface area contributed by atoms with E-state index < -0.39 is 17.7 Å². The fourth-order valence-corrected chi connectivity index (χ4v) is 4.80. The Bertz CT molecular complexity index is 1430. The summed E-state index contributed by atoms with van der Waals surface area (Å²) in [6, 6.07) is 16.4. The number of ketones is 1. The zero-order valence-corrected chi connectivity index (χ0v) is 22.0. The number of hydrogen-bond donors (Lipinski definition) is 1. The van der Waals surface area contributed by atoms with Gasteiger partial charge < -0.3 is 24.2 Å². The van der Waals surface area contributed by atoms with Crippen LogP contribution in [-0.4, -0.2) is 50.7 Å². The Balaban J connectivity index is 1.68. The van der Waals surface area contributed by atoms with E-state index in [9.17, 15) is 14.7 Å². The second-order valence-corrected chi connectivity index (χ2v) is 9.47. The van der Waals surface area contributed by atoms with Crippen LogP contribution in [-0.2, 0) is 9.59 Å². The summed E-state index contributed by atoms with van der Waals surface area (Å²) < 4.78 is 16.9. The average molecular weight is 535 g/mol. The maximum atomic E-state index is 13.5. The van der Waals surface area contributed by atoms with Crippen molar-refractivity contribution in [2.45, 2.75) is 13.0 Å². The van der Waals surface area contributed by atoms with Crippen LogP contribution < -0.4 is 24.0 Å². The molecule has 2 aliphatic heterocycles. The van der Waals surface area contributed by atoms with Gasteiger partial charge in [0, 0.05) is 37.1 Å². The number of amides is 1. The third-order valence-corrected chi connectivity index (χ3v) is 6.79. The van der Waals surface area contributed by atoms with Crippen molar-refractivity contribution in [2.24, 2.45) is 0 Å². The number of aliphatic hydroxyl groups is 1. The third-order valence-electron chi connectivity index (χ3n) is 6.48. The molecule has 0 spiro atoms. The van der Waals surface area contributed by atoms with Crippen molar-refractivity contribution in [3.63, 3.8) is 0 Å². The van der Waals surface area contributed by atoms with Crippen LogP contribution in [0.5, 0.6) is 17.2 Å². The fraction of sp³-hybridized carbons (Fsp3) is 0.241. The van der Waals surface area contributed by atoms with E-state index in [1.165, 1.54) is 4.90 Å². The second-order valence-electron chi connectivity index (χ2n) is 9.06. The van der Waals surface area contributed by atoms with Crippen molar-refractivity contribution in [1.29, 1.82) is 0 Å². The molecule has 1 unspecified atom stereocenters. The van der Waals surface area contributed by atoms with E-state index in [1.807, 2.05) is 50.2 Å². The fourth-order valence-electron chi connectivity index (χ4n) is 4.62. The summed E-state index contributed by atoms with van der Waals surface area (Å²) in [6.07, 6.45) is 0. The van der Waals surface area contributed by atoms with E-state index in [1.54, 1.807) is 36.4 Å². The van der Waals surface area contributed by atoms with Crippen LogP contribution in [0.4, 0.5) is 11.4 Å². The lowest BCUT2D eigenvalue weighted by Crippen LogP contribution is -2.29. The van der Waals surface area contributed by atoms with Gasteiger partial charge in [0.05, 0.1) is 23.2 Å². The monoisotopic (exact) mass is 534 g/mol. The van der Waals surface area contributed by atoms with Crippen molar-refractivity contribution >= 4 is 40.4 Å². The van der Waals surface area contributed by atoms with E-state index >= 15 is 0 Å². The summed E-state index contributed by atoms with van der Waals surface area (Å²) in [5.41, 5.74) is 2.33. The molecule has 1 atom stereocenters. The molecule has 8 nitrogen and oxygen atoms in total. The highest BCUT2D eigenvalue weighted by atomic mass is 35.5. The van der Waals surface area contributed by atoms with Gasteiger partial charge in [0.1, 0.15) is 24.7 Å². The lowest BCUT2D eigenvalue weighted by Gasteiger charge is -2.27. The first-order valence-electron chi connectivity index (χ1n) is 12.2. The van der Waals surface area contributed by atoms with Gasteiger partial charge in [-0.15, -0.1) is 0 Å². The minimum Gasteiger partial charge on any atom is -0.507 e. The number of benzene rings is 3. The predicted octanol–water partition coefficient (Wildman–Crippen LogP) is 5.20. The van der Waals surface area contributed by atoms with E-state index in [4.69, 9.17) is 25.8 Å². The first-order chi connectivity index (χ1) is 18.3. The van der Waals surface area contributed by atoms with Crippen molar-refractivity contribution in [1.82, 2.24) is 0 Å². The molecule has 196 valence electrons. The molecule has 2 aliphatic rings. The predicted molar refractivity (Wildman–Crippen MR) is 146 cm³/mol. The number of ether oxygens (including phenoxy) is 3. The van der Waals surface area contributed by atoms with Gasteiger partial charge in [-0.2, -0.15) is 0 Å². The molecule has 5 rings (SSSR count). The molecular formula is C29H27ClN2O6. The zero-order valence-electron chi connectivity index (χ0n) is 21.2. The number of nitrogens with zero attached hydrogens (tertiary/aromatic N) is 2. The summed E-state index contributed by atoms with van der Waals surface area (Å²) in [6.45, 7) is 3.00.